The standard InChI is InChI=1S/C34H39N5O6S/c40-20-23-12-14-25(15-13-23)30-18-29(21-46-34-36-22-37-38-34)44-33(45-30)28-9-5-8-27(17-28)26-7-4-6-24(16-26)19-35-31(41)10-2-1-3-11-32(42)39-43/h4-9,12-17,22,29-30,33,40,43H,1-3,10-11,18-21H2,(H,35,41)(H,39,42)(H,36,37,38)/t29-,30+,33+/m0/s1. The van der Waals surface area contributed by atoms with Gasteiger partial charge in [0.25, 0.3) is 0 Å². The Hall–Kier alpha value is -4.07. The zero-order valence-corrected chi connectivity index (χ0v) is 26.2. The highest BCUT2D eigenvalue weighted by atomic mass is 32.2. The van der Waals surface area contributed by atoms with E-state index in [-0.39, 0.29) is 31.1 Å². The molecule has 0 saturated carbocycles. The van der Waals surface area contributed by atoms with Crippen LogP contribution >= 0.6 is 11.8 Å². The van der Waals surface area contributed by atoms with E-state index >= 15 is 0 Å². The molecule has 0 aliphatic carbocycles. The average molecular weight is 646 g/mol. The molecule has 0 unspecified atom stereocenters. The molecule has 5 rings (SSSR count). The largest absolute Gasteiger partial charge is 0.392 e. The number of carbonyl (C=O) groups excluding carboxylic acids is 2. The molecule has 0 radical (unpaired) electrons. The molecule has 1 aliphatic rings. The van der Waals surface area contributed by atoms with Crippen LogP contribution in [0.3, 0.4) is 0 Å². The third-order valence-corrected chi connectivity index (χ3v) is 8.76. The van der Waals surface area contributed by atoms with Gasteiger partial charge in [0.2, 0.25) is 11.8 Å². The van der Waals surface area contributed by atoms with Crippen molar-refractivity contribution in [1.82, 2.24) is 26.0 Å². The summed E-state index contributed by atoms with van der Waals surface area (Å²) in [6.45, 7) is 0.402. The molecule has 5 N–H and O–H groups in total. The molecule has 3 aromatic carbocycles. The van der Waals surface area contributed by atoms with Crippen LogP contribution in [-0.2, 0) is 32.2 Å². The number of hydrogen-bond acceptors (Lipinski definition) is 9. The van der Waals surface area contributed by atoms with E-state index in [0.717, 1.165) is 45.0 Å². The number of carbonyl (C=O) groups is 2. The third kappa shape index (κ3) is 9.71. The first-order chi connectivity index (χ1) is 22.5. The van der Waals surface area contributed by atoms with Gasteiger partial charge < -0.3 is 19.9 Å². The van der Waals surface area contributed by atoms with Gasteiger partial charge in [-0.15, -0.1) is 0 Å². The minimum atomic E-state index is -0.586. The molecular formula is C34H39N5O6S. The van der Waals surface area contributed by atoms with E-state index in [1.54, 1.807) is 17.2 Å². The van der Waals surface area contributed by atoms with Crippen molar-refractivity contribution in [3.63, 3.8) is 0 Å². The zero-order valence-electron chi connectivity index (χ0n) is 25.4. The highest BCUT2D eigenvalue weighted by Crippen LogP contribution is 2.40. The van der Waals surface area contributed by atoms with Crippen LogP contribution in [0.25, 0.3) is 11.1 Å². The number of hydroxylamine groups is 1. The molecule has 1 aliphatic heterocycles. The first-order valence-electron chi connectivity index (χ1n) is 15.4. The van der Waals surface area contributed by atoms with Crippen LogP contribution in [0.5, 0.6) is 0 Å². The number of nitrogens with one attached hydrogen (secondary N) is 3. The molecule has 2 heterocycles. The lowest BCUT2D eigenvalue weighted by Gasteiger charge is -2.36. The van der Waals surface area contributed by atoms with E-state index in [0.29, 0.717) is 38.0 Å². The van der Waals surface area contributed by atoms with Gasteiger partial charge >= 0.3 is 0 Å². The Bertz CT molecular complexity index is 1550. The van der Waals surface area contributed by atoms with E-state index in [1.165, 1.54) is 6.33 Å². The number of ether oxygens (including phenoxy) is 2. The maximum Gasteiger partial charge on any atom is 0.243 e. The number of benzene rings is 3. The fourth-order valence-corrected chi connectivity index (χ4v) is 6.07. The second kappa shape index (κ2) is 17.0. The number of aromatic amines is 1. The minimum absolute atomic E-state index is 0.0105. The molecular weight excluding hydrogens is 606 g/mol. The molecule has 1 fully saturated rings. The van der Waals surface area contributed by atoms with Gasteiger partial charge in [0.15, 0.2) is 11.4 Å². The van der Waals surface area contributed by atoms with Crippen LogP contribution in [-0.4, -0.2) is 49.2 Å². The molecule has 242 valence electrons. The fraction of sp³-hybridized carbons (Fsp3) is 0.353. The predicted octanol–water partition coefficient (Wildman–Crippen LogP) is 5.37. The van der Waals surface area contributed by atoms with Gasteiger partial charge in [-0.3, -0.25) is 19.9 Å². The number of aliphatic hydroxyl groups is 1. The number of thioether (sulfide) groups is 1. The number of amides is 2. The molecule has 3 atom stereocenters. The Labute approximate surface area is 272 Å². The van der Waals surface area contributed by atoms with Gasteiger partial charge in [-0.25, -0.2) is 10.5 Å². The Kier molecular flexibility index (Phi) is 12.3. The normalized spacial score (nSPS) is 17.8. The Balaban J connectivity index is 1.23. The van der Waals surface area contributed by atoms with Crippen molar-refractivity contribution < 1.29 is 29.4 Å². The van der Waals surface area contributed by atoms with E-state index in [9.17, 15) is 14.7 Å². The van der Waals surface area contributed by atoms with Crippen molar-refractivity contribution in [2.75, 3.05) is 5.75 Å². The van der Waals surface area contributed by atoms with Crippen molar-refractivity contribution in [2.24, 2.45) is 0 Å². The summed E-state index contributed by atoms with van der Waals surface area (Å²) >= 11 is 1.55. The fourth-order valence-electron chi connectivity index (χ4n) is 5.28. The van der Waals surface area contributed by atoms with Crippen LogP contribution in [0, 0.1) is 0 Å². The van der Waals surface area contributed by atoms with E-state index in [4.69, 9.17) is 14.7 Å². The third-order valence-electron chi connectivity index (χ3n) is 7.75. The summed E-state index contributed by atoms with van der Waals surface area (Å²) in [5.74, 6) is 0.224. The number of aromatic nitrogens is 3. The number of hydrogen-bond donors (Lipinski definition) is 5. The molecule has 0 spiro atoms. The topological polar surface area (TPSA) is 159 Å². The summed E-state index contributed by atoms with van der Waals surface area (Å²) in [6.07, 6.45) is 3.94. The number of H-pyrrole nitrogens is 1. The molecule has 46 heavy (non-hydrogen) atoms. The number of aliphatic hydroxyl groups excluding tert-OH is 1. The second-order valence-corrected chi connectivity index (χ2v) is 12.2. The molecule has 1 saturated heterocycles. The van der Waals surface area contributed by atoms with Crippen LogP contribution in [0.2, 0.25) is 0 Å². The summed E-state index contributed by atoms with van der Waals surface area (Å²) in [4.78, 5) is 27.7. The first kappa shape index (κ1) is 33.3. The Morgan fingerprint density at radius 2 is 1.65 bits per heavy atom. The highest BCUT2D eigenvalue weighted by molar-refractivity contribution is 7.99. The van der Waals surface area contributed by atoms with Crippen molar-refractivity contribution in [3.8, 4) is 11.1 Å². The predicted molar refractivity (Wildman–Crippen MR) is 172 cm³/mol. The van der Waals surface area contributed by atoms with Crippen molar-refractivity contribution in [2.45, 2.75) is 75.3 Å². The maximum absolute atomic E-state index is 12.4. The molecule has 0 bridgehead atoms. The Morgan fingerprint density at radius 3 is 2.39 bits per heavy atom. The lowest BCUT2D eigenvalue weighted by Crippen LogP contribution is -2.31. The van der Waals surface area contributed by atoms with E-state index in [2.05, 4.69) is 32.6 Å². The Morgan fingerprint density at radius 1 is 0.891 bits per heavy atom. The number of nitrogens with zero attached hydrogens (tertiary/aromatic N) is 2. The van der Waals surface area contributed by atoms with Gasteiger partial charge in [0, 0.05) is 37.1 Å². The van der Waals surface area contributed by atoms with Gasteiger partial charge in [-0.1, -0.05) is 78.8 Å². The van der Waals surface area contributed by atoms with Crippen LogP contribution < -0.4 is 10.8 Å². The van der Waals surface area contributed by atoms with Gasteiger partial charge in [0.1, 0.15) is 6.33 Å². The molecule has 12 heteroatoms. The maximum atomic E-state index is 12.4. The van der Waals surface area contributed by atoms with Crippen LogP contribution in [0.4, 0.5) is 0 Å². The van der Waals surface area contributed by atoms with Gasteiger partial charge in [-0.2, -0.15) is 5.10 Å². The monoisotopic (exact) mass is 645 g/mol. The quantitative estimate of drug-likeness (QED) is 0.0496. The van der Waals surface area contributed by atoms with Crippen molar-refractivity contribution >= 4 is 23.6 Å². The van der Waals surface area contributed by atoms with Crippen molar-refractivity contribution in [1.29, 1.82) is 0 Å². The van der Waals surface area contributed by atoms with Gasteiger partial charge in [-0.05, 0) is 52.8 Å². The summed E-state index contributed by atoms with van der Waals surface area (Å²) in [7, 11) is 0. The smallest absolute Gasteiger partial charge is 0.243 e. The average Bonchev–Trinajstić information content (AvgIpc) is 3.63. The summed E-state index contributed by atoms with van der Waals surface area (Å²) in [6, 6.07) is 24.0. The summed E-state index contributed by atoms with van der Waals surface area (Å²) in [5.41, 5.74) is 7.40. The van der Waals surface area contributed by atoms with Gasteiger partial charge in [0.05, 0.1) is 18.8 Å². The molecule has 2 amide bonds. The number of unbranched alkanes of at least 4 members (excludes halogenated alkanes) is 2. The van der Waals surface area contributed by atoms with E-state index in [1.807, 2.05) is 60.7 Å². The molecule has 1 aromatic heterocycles. The summed E-state index contributed by atoms with van der Waals surface area (Å²) in [5, 5.41) is 28.6. The van der Waals surface area contributed by atoms with Crippen molar-refractivity contribution in [3.05, 3.63) is 101 Å². The lowest BCUT2D eigenvalue weighted by molar-refractivity contribution is -0.245. The highest BCUT2D eigenvalue weighted by Gasteiger charge is 2.32. The van der Waals surface area contributed by atoms with Crippen LogP contribution in [0.15, 0.2) is 84.3 Å². The molecule has 4 aromatic rings. The summed E-state index contributed by atoms with van der Waals surface area (Å²) < 4.78 is 13.0. The zero-order chi connectivity index (χ0) is 32.1. The van der Waals surface area contributed by atoms with E-state index < -0.39 is 12.2 Å². The SMILES string of the molecule is O=C(CCCCCC(=O)NCc1cccc(-c2cccc([C@@H]3O[C@H](CSc4ncn[nH]4)C[C@H](c4ccc(CO)cc4)O3)c2)c1)NO. The second-order valence-electron chi connectivity index (χ2n) is 11.1. The number of rotatable bonds is 15. The molecule has 11 nitrogen and oxygen atoms in total. The van der Waals surface area contributed by atoms with Crippen LogP contribution in [0.1, 0.15) is 73.2 Å². The minimum Gasteiger partial charge on any atom is -0.392 e. The lowest BCUT2D eigenvalue weighted by atomic mass is 9.99. The first-order valence-corrected chi connectivity index (χ1v) is 16.4.